The van der Waals surface area contributed by atoms with Crippen LogP contribution in [0, 0.1) is 17.8 Å². The Kier molecular flexibility index (Phi) is 18.8. The smallest absolute Gasteiger partial charge is 0.408 e. The molecule has 0 spiro atoms. The molecule has 5 amide bonds. The van der Waals surface area contributed by atoms with Crippen molar-refractivity contribution in [3.8, 4) is 0 Å². The molecule has 7 N–H and O–H groups in total. The lowest BCUT2D eigenvalue weighted by Gasteiger charge is -2.30. The van der Waals surface area contributed by atoms with E-state index < -0.39 is 78.0 Å². The fourth-order valence-electron chi connectivity index (χ4n) is 4.70. The highest BCUT2D eigenvalue weighted by Gasteiger charge is 2.33. The lowest BCUT2D eigenvalue weighted by molar-refractivity contribution is -0.133. The van der Waals surface area contributed by atoms with E-state index >= 15 is 0 Å². The number of nitrogens with one attached hydrogen (secondary N) is 5. The Morgan fingerprint density at radius 3 is 2.00 bits per heavy atom. The Bertz CT molecular complexity index is 1300. The molecule has 1 heterocycles. The van der Waals surface area contributed by atoms with Gasteiger partial charge in [-0.2, -0.15) is 11.8 Å². The van der Waals surface area contributed by atoms with Crippen molar-refractivity contribution >= 4 is 58.8 Å². The zero-order chi connectivity index (χ0) is 38.3. The van der Waals surface area contributed by atoms with Gasteiger partial charge in [0.1, 0.15) is 33.6 Å². The van der Waals surface area contributed by atoms with Gasteiger partial charge in [0.15, 0.2) is 0 Å². The summed E-state index contributed by atoms with van der Waals surface area (Å²) in [5, 5.41) is 34.1. The largest absolute Gasteiger partial charge is 0.477 e. The van der Waals surface area contributed by atoms with Crippen LogP contribution < -0.4 is 26.6 Å². The minimum absolute atomic E-state index is 0.0160. The molecule has 0 aliphatic carbocycles. The molecule has 1 aromatic heterocycles. The predicted molar refractivity (Wildman–Crippen MR) is 193 cm³/mol. The van der Waals surface area contributed by atoms with Gasteiger partial charge < -0.3 is 41.5 Å². The summed E-state index contributed by atoms with van der Waals surface area (Å²) >= 11 is 2.41. The molecule has 0 aromatic carbocycles. The van der Waals surface area contributed by atoms with Crippen LogP contribution in [-0.2, 0) is 30.5 Å². The Balaban J connectivity index is 3.00. The number of aliphatic hydroxyl groups is 1. The third-order valence-electron chi connectivity index (χ3n) is 7.22. The first-order valence-corrected chi connectivity index (χ1v) is 18.9. The quantitative estimate of drug-likeness (QED) is 0.103. The molecule has 15 nitrogen and oxygen atoms in total. The Labute approximate surface area is 303 Å². The normalized spacial score (nSPS) is 14.7. The molecule has 0 aliphatic heterocycles. The number of aromatic nitrogens is 1. The summed E-state index contributed by atoms with van der Waals surface area (Å²) < 4.78 is 5.31. The van der Waals surface area contributed by atoms with Crippen molar-refractivity contribution in [3.63, 3.8) is 0 Å². The van der Waals surface area contributed by atoms with Crippen LogP contribution in [0.15, 0.2) is 6.20 Å². The van der Waals surface area contributed by atoms with Gasteiger partial charge in [-0.25, -0.2) is 14.6 Å². The predicted octanol–water partition coefficient (Wildman–Crippen LogP) is 2.67. The first kappa shape index (κ1) is 44.6. The van der Waals surface area contributed by atoms with Gasteiger partial charge in [0.25, 0.3) is 0 Å². The summed E-state index contributed by atoms with van der Waals surface area (Å²) in [5.74, 6) is -3.46. The van der Waals surface area contributed by atoms with E-state index in [1.54, 1.807) is 48.5 Å². The molecule has 5 unspecified atom stereocenters. The molecule has 17 heteroatoms. The van der Waals surface area contributed by atoms with Gasteiger partial charge in [0.2, 0.25) is 23.6 Å². The van der Waals surface area contributed by atoms with Crippen LogP contribution in [0.5, 0.6) is 0 Å². The number of nitrogens with zero attached hydrogens (tertiary/aromatic N) is 1. The van der Waals surface area contributed by atoms with E-state index in [0.29, 0.717) is 17.2 Å². The number of carboxylic acids is 1. The number of ether oxygens (including phenoxy) is 1. The molecule has 1 aromatic rings. The first-order chi connectivity index (χ1) is 23.1. The van der Waals surface area contributed by atoms with Gasteiger partial charge in [-0.3, -0.25) is 19.2 Å². The van der Waals surface area contributed by atoms with Crippen molar-refractivity contribution in [2.24, 2.45) is 17.8 Å². The second kappa shape index (κ2) is 21.0. The molecule has 0 aliphatic rings. The SMILES string of the molecule is CSCCC(NC(=O)C(NC(=O)OC(C)(C)C)C(C)C)C(=O)NC(CC(C)C)C(O)CC(=O)NC(C(=O)NCc1ncc(C(=O)O)s1)C(C)C. The van der Waals surface area contributed by atoms with Crippen LogP contribution in [0.2, 0.25) is 0 Å². The molecule has 50 heavy (non-hydrogen) atoms. The second-order valence-electron chi connectivity index (χ2n) is 14.2. The number of hydrogen-bond donors (Lipinski definition) is 7. The van der Waals surface area contributed by atoms with E-state index in [2.05, 4.69) is 31.6 Å². The zero-order valence-corrected chi connectivity index (χ0v) is 32.4. The van der Waals surface area contributed by atoms with Gasteiger partial charge in [0.05, 0.1) is 31.3 Å². The average Bonchev–Trinajstić information content (AvgIpc) is 3.47. The minimum atomic E-state index is -1.32. The molecule has 5 atom stereocenters. The molecular weight excluding hydrogens is 689 g/mol. The number of thiazole rings is 1. The van der Waals surface area contributed by atoms with E-state index in [-0.39, 0.29) is 35.6 Å². The number of hydrogen-bond acceptors (Lipinski definition) is 11. The molecule has 0 saturated carbocycles. The van der Waals surface area contributed by atoms with Crippen LogP contribution in [-0.4, -0.2) is 98.8 Å². The number of amides is 5. The highest BCUT2D eigenvalue weighted by Crippen LogP contribution is 2.15. The Morgan fingerprint density at radius 2 is 1.50 bits per heavy atom. The molecular formula is C33H56N6O9S2. The minimum Gasteiger partial charge on any atom is -0.477 e. The first-order valence-electron chi connectivity index (χ1n) is 16.7. The van der Waals surface area contributed by atoms with Crippen molar-refractivity contribution in [1.82, 2.24) is 31.6 Å². The van der Waals surface area contributed by atoms with Crippen molar-refractivity contribution < 1.29 is 43.7 Å². The van der Waals surface area contributed by atoms with Crippen LogP contribution in [0.25, 0.3) is 0 Å². The fraction of sp³-hybridized carbons (Fsp3) is 0.727. The van der Waals surface area contributed by atoms with E-state index in [1.807, 2.05) is 20.1 Å². The number of thioether (sulfide) groups is 1. The molecule has 0 saturated heterocycles. The molecule has 1 rings (SSSR count). The third kappa shape index (κ3) is 16.5. The number of carbonyl (C=O) groups is 6. The van der Waals surface area contributed by atoms with Crippen LogP contribution in [0.3, 0.4) is 0 Å². The van der Waals surface area contributed by atoms with E-state index in [0.717, 1.165) is 11.3 Å². The summed E-state index contributed by atoms with van der Waals surface area (Å²) in [6.07, 6.45) is 1.15. The van der Waals surface area contributed by atoms with Crippen molar-refractivity contribution in [1.29, 1.82) is 0 Å². The zero-order valence-electron chi connectivity index (χ0n) is 30.7. The van der Waals surface area contributed by atoms with Gasteiger partial charge in [-0.15, -0.1) is 11.3 Å². The van der Waals surface area contributed by atoms with E-state index in [9.17, 15) is 33.9 Å². The lowest BCUT2D eigenvalue weighted by Crippen LogP contribution is -2.58. The number of alkyl carbamates (subject to hydrolysis) is 1. The standard InChI is InChI=1S/C33H56N6O9S2/c1-17(2)13-21(22(40)14-24(41)38-26(18(3)4)29(43)35-16-25-34-15-23(50-25)31(45)46)37-28(42)20(11-12-49-10)36-30(44)27(19(5)6)39-32(47)48-33(7,8)9/h15,17-22,26-27,40H,11-14,16H2,1-10H3,(H,35,43)(H,36,44)(H,37,42)(H,38,41)(H,39,47)(H,45,46). The second-order valence-corrected chi connectivity index (χ2v) is 16.3. The average molecular weight is 745 g/mol. The van der Waals surface area contributed by atoms with E-state index in [1.165, 1.54) is 18.0 Å². The number of aliphatic hydroxyl groups excluding tert-OH is 1. The highest BCUT2D eigenvalue weighted by atomic mass is 32.2. The van der Waals surface area contributed by atoms with Gasteiger partial charge in [-0.1, -0.05) is 41.5 Å². The molecule has 284 valence electrons. The van der Waals surface area contributed by atoms with Crippen LogP contribution >= 0.6 is 23.1 Å². The fourth-order valence-corrected chi connectivity index (χ4v) is 5.87. The van der Waals surface area contributed by atoms with Crippen LogP contribution in [0.1, 0.15) is 96.3 Å². The topological polar surface area (TPSA) is 225 Å². The molecule has 0 fully saturated rings. The summed E-state index contributed by atoms with van der Waals surface area (Å²) in [5.41, 5.74) is -0.772. The Morgan fingerprint density at radius 1 is 0.900 bits per heavy atom. The van der Waals surface area contributed by atoms with Gasteiger partial charge in [-0.05, 0) is 63.4 Å². The van der Waals surface area contributed by atoms with Gasteiger partial charge >= 0.3 is 12.1 Å². The van der Waals surface area contributed by atoms with Crippen molar-refractivity contribution in [2.45, 2.75) is 124 Å². The number of carbonyl (C=O) groups excluding carboxylic acids is 5. The highest BCUT2D eigenvalue weighted by molar-refractivity contribution is 7.98. The van der Waals surface area contributed by atoms with Gasteiger partial charge in [0, 0.05) is 0 Å². The Hall–Kier alpha value is -3.44. The van der Waals surface area contributed by atoms with Crippen molar-refractivity contribution in [2.75, 3.05) is 12.0 Å². The maximum absolute atomic E-state index is 13.6. The maximum Gasteiger partial charge on any atom is 0.408 e. The molecule has 0 radical (unpaired) electrons. The van der Waals surface area contributed by atoms with Crippen LogP contribution in [0.4, 0.5) is 4.79 Å². The number of rotatable bonds is 20. The lowest BCUT2D eigenvalue weighted by atomic mass is 9.96. The van der Waals surface area contributed by atoms with E-state index in [4.69, 9.17) is 9.84 Å². The maximum atomic E-state index is 13.6. The summed E-state index contributed by atoms with van der Waals surface area (Å²) in [6, 6.07) is -3.79. The number of aromatic carboxylic acids is 1. The monoisotopic (exact) mass is 744 g/mol. The summed E-state index contributed by atoms with van der Waals surface area (Å²) in [6.45, 7) is 15.9. The third-order valence-corrected chi connectivity index (χ3v) is 8.85. The molecule has 0 bridgehead atoms. The number of carboxylic acid groups (broad SMARTS) is 1. The summed E-state index contributed by atoms with van der Waals surface area (Å²) in [7, 11) is 0. The summed E-state index contributed by atoms with van der Waals surface area (Å²) in [4.78, 5) is 80.6. The van der Waals surface area contributed by atoms with Crippen molar-refractivity contribution in [3.05, 3.63) is 16.1 Å².